The summed E-state index contributed by atoms with van der Waals surface area (Å²) in [6.45, 7) is 11.6. The van der Waals surface area contributed by atoms with Crippen LogP contribution in [0.5, 0.6) is 0 Å². The molecule has 112 valence electrons. The van der Waals surface area contributed by atoms with Gasteiger partial charge in [0.15, 0.2) is 0 Å². The van der Waals surface area contributed by atoms with E-state index in [0.29, 0.717) is 17.4 Å². The van der Waals surface area contributed by atoms with Gasteiger partial charge in [0, 0.05) is 6.04 Å². The zero-order chi connectivity index (χ0) is 14.9. The van der Waals surface area contributed by atoms with Crippen molar-refractivity contribution in [1.82, 2.24) is 0 Å². The minimum Gasteiger partial charge on any atom is -0.327 e. The van der Waals surface area contributed by atoms with Crippen molar-refractivity contribution >= 4 is 0 Å². The summed E-state index contributed by atoms with van der Waals surface area (Å²) in [6, 6.07) is 7.01. The fraction of sp³-hybridized carbons (Fsp3) is 0.684. The second kappa shape index (κ2) is 5.89. The van der Waals surface area contributed by atoms with Gasteiger partial charge in [-0.1, -0.05) is 39.0 Å². The Balaban J connectivity index is 2.15. The van der Waals surface area contributed by atoms with Crippen molar-refractivity contribution in [3.8, 4) is 0 Å². The highest BCUT2D eigenvalue weighted by Crippen LogP contribution is 2.41. The van der Waals surface area contributed by atoms with E-state index in [4.69, 9.17) is 5.73 Å². The first kappa shape index (κ1) is 15.6. The quantitative estimate of drug-likeness (QED) is 0.835. The van der Waals surface area contributed by atoms with E-state index in [2.05, 4.69) is 52.8 Å². The molecule has 1 fully saturated rings. The first-order chi connectivity index (χ1) is 9.29. The van der Waals surface area contributed by atoms with Gasteiger partial charge in [-0.05, 0) is 73.5 Å². The molecule has 0 bridgehead atoms. The Labute approximate surface area is 125 Å². The first-order valence-corrected chi connectivity index (χ1v) is 8.09. The Morgan fingerprint density at radius 2 is 1.70 bits per heavy atom. The molecule has 1 aromatic rings. The third-order valence-electron chi connectivity index (χ3n) is 5.38. The van der Waals surface area contributed by atoms with Crippen molar-refractivity contribution in [3.63, 3.8) is 0 Å². The summed E-state index contributed by atoms with van der Waals surface area (Å²) < 4.78 is 0. The molecule has 0 heterocycles. The third kappa shape index (κ3) is 3.44. The van der Waals surface area contributed by atoms with Crippen LogP contribution in [0.1, 0.15) is 56.7 Å². The second-order valence-electron chi connectivity index (χ2n) is 7.87. The molecule has 1 heteroatoms. The van der Waals surface area contributed by atoms with Crippen LogP contribution in [-0.4, -0.2) is 6.04 Å². The Morgan fingerprint density at radius 3 is 2.25 bits per heavy atom. The molecule has 1 nitrogen and oxygen atoms in total. The molecule has 2 N–H and O–H groups in total. The number of rotatable bonds is 2. The largest absolute Gasteiger partial charge is 0.327 e. The zero-order valence-electron chi connectivity index (χ0n) is 13.9. The van der Waals surface area contributed by atoms with E-state index in [1.165, 1.54) is 36.0 Å². The van der Waals surface area contributed by atoms with Gasteiger partial charge in [-0.3, -0.25) is 0 Å². The predicted octanol–water partition coefficient (Wildman–Crippen LogP) is 4.64. The summed E-state index contributed by atoms with van der Waals surface area (Å²) >= 11 is 0. The number of nitrogens with two attached hydrogens (primary N) is 1. The minimum absolute atomic E-state index is 0.382. The third-order valence-corrected chi connectivity index (χ3v) is 5.38. The maximum Gasteiger partial charge on any atom is 0.00705 e. The van der Waals surface area contributed by atoms with Crippen molar-refractivity contribution in [2.24, 2.45) is 23.0 Å². The van der Waals surface area contributed by atoms with Gasteiger partial charge in [0.05, 0.1) is 0 Å². The molecule has 1 aliphatic rings. The van der Waals surface area contributed by atoms with E-state index < -0.39 is 0 Å². The standard InChI is InChI=1S/C19H31N/c1-13-7-6-8-14(2)17(13)12-15-11-16(19(3,4)5)9-10-18(15)20/h6-8,15-16,18H,9-12,20H2,1-5H3. The van der Waals surface area contributed by atoms with Crippen LogP contribution in [0.4, 0.5) is 0 Å². The van der Waals surface area contributed by atoms with E-state index in [1.807, 2.05) is 0 Å². The van der Waals surface area contributed by atoms with Crippen LogP contribution in [-0.2, 0) is 6.42 Å². The van der Waals surface area contributed by atoms with Gasteiger partial charge in [0.25, 0.3) is 0 Å². The molecule has 1 aliphatic carbocycles. The molecule has 2 rings (SSSR count). The van der Waals surface area contributed by atoms with Crippen LogP contribution in [0.25, 0.3) is 0 Å². The molecule has 20 heavy (non-hydrogen) atoms. The van der Waals surface area contributed by atoms with E-state index in [0.717, 1.165) is 12.3 Å². The fourth-order valence-corrected chi connectivity index (χ4v) is 3.74. The molecule has 0 radical (unpaired) electrons. The van der Waals surface area contributed by atoms with Crippen molar-refractivity contribution < 1.29 is 0 Å². The Bertz CT molecular complexity index is 435. The van der Waals surface area contributed by atoms with Crippen molar-refractivity contribution in [1.29, 1.82) is 0 Å². The van der Waals surface area contributed by atoms with Crippen LogP contribution >= 0.6 is 0 Å². The summed E-state index contributed by atoms with van der Waals surface area (Å²) in [5.41, 5.74) is 11.2. The van der Waals surface area contributed by atoms with Gasteiger partial charge < -0.3 is 5.73 Å². The fourth-order valence-electron chi connectivity index (χ4n) is 3.74. The molecule has 0 amide bonds. The predicted molar refractivity (Wildman–Crippen MR) is 87.9 cm³/mol. The molecule has 0 aliphatic heterocycles. The maximum atomic E-state index is 6.43. The van der Waals surface area contributed by atoms with Crippen LogP contribution in [0.3, 0.4) is 0 Å². The Kier molecular flexibility index (Phi) is 4.59. The molecule has 1 saturated carbocycles. The van der Waals surface area contributed by atoms with Crippen LogP contribution in [0.15, 0.2) is 18.2 Å². The molecule has 3 unspecified atom stereocenters. The first-order valence-electron chi connectivity index (χ1n) is 8.09. The van der Waals surface area contributed by atoms with Gasteiger partial charge in [0.1, 0.15) is 0 Å². The van der Waals surface area contributed by atoms with Crippen LogP contribution in [0, 0.1) is 31.1 Å². The molecule has 0 saturated heterocycles. The van der Waals surface area contributed by atoms with Gasteiger partial charge in [-0.2, -0.15) is 0 Å². The van der Waals surface area contributed by atoms with E-state index in [1.54, 1.807) is 0 Å². The van der Waals surface area contributed by atoms with Gasteiger partial charge in [-0.15, -0.1) is 0 Å². The summed E-state index contributed by atoms with van der Waals surface area (Å²) in [5.74, 6) is 1.46. The van der Waals surface area contributed by atoms with Crippen molar-refractivity contribution in [2.45, 2.75) is 66.3 Å². The minimum atomic E-state index is 0.382. The summed E-state index contributed by atoms with van der Waals surface area (Å²) in [5, 5.41) is 0. The number of benzene rings is 1. The lowest BCUT2D eigenvalue weighted by Crippen LogP contribution is -2.40. The summed E-state index contributed by atoms with van der Waals surface area (Å²) in [6.07, 6.45) is 4.94. The number of hydrogen-bond acceptors (Lipinski definition) is 1. The molecule has 0 aromatic heterocycles. The van der Waals surface area contributed by atoms with Gasteiger partial charge in [-0.25, -0.2) is 0 Å². The molecule has 0 spiro atoms. The van der Waals surface area contributed by atoms with Crippen LogP contribution in [0.2, 0.25) is 0 Å². The lowest BCUT2D eigenvalue weighted by molar-refractivity contribution is 0.126. The maximum absolute atomic E-state index is 6.43. The number of aryl methyl sites for hydroxylation is 2. The average Bonchev–Trinajstić information content (AvgIpc) is 2.34. The zero-order valence-corrected chi connectivity index (χ0v) is 13.9. The average molecular weight is 273 g/mol. The monoisotopic (exact) mass is 273 g/mol. The summed E-state index contributed by atoms with van der Waals surface area (Å²) in [4.78, 5) is 0. The molecular formula is C19H31N. The number of hydrogen-bond donors (Lipinski definition) is 1. The van der Waals surface area contributed by atoms with Crippen molar-refractivity contribution in [3.05, 3.63) is 34.9 Å². The van der Waals surface area contributed by atoms with E-state index in [9.17, 15) is 0 Å². The molecule has 3 atom stereocenters. The summed E-state index contributed by atoms with van der Waals surface area (Å²) in [7, 11) is 0. The normalized spacial score (nSPS) is 27.6. The highest BCUT2D eigenvalue weighted by atomic mass is 14.7. The van der Waals surface area contributed by atoms with Gasteiger partial charge in [0.2, 0.25) is 0 Å². The highest BCUT2D eigenvalue weighted by molar-refractivity contribution is 5.34. The van der Waals surface area contributed by atoms with E-state index in [-0.39, 0.29) is 0 Å². The smallest absolute Gasteiger partial charge is 0.00705 e. The van der Waals surface area contributed by atoms with Gasteiger partial charge >= 0.3 is 0 Å². The molecule has 1 aromatic carbocycles. The second-order valence-corrected chi connectivity index (χ2v) is 7.87. The van der Waals surface area contributed by atoms with Crippen molar-refractivity contribution in [2.75, 3.05) is 0 Å². The lowest BCUT2D eigenvalue weighted by atomic mass is 9.66. The Morgan fingerprint density at radius 1 is 1.10 bits per heavy atom. The van der Waals surface area contributed by atoms with E-state index >= 15 is 0 Å². The Hall–Kier alpha value is -0.820. The lowest BCUT2D eigenvalue weighted by Gasteiger charge is -2.41. The molecular weight excluding hydrogens is 242 g/mol. The highest BCUT2D eigenvalue weighted by Gasteiger charge is 2.34. The topological polar surface area (TPSA) is 26.0 Å². The van der Waals surface area contributed by atoms with Crippen LogP contribution < -0.4 is 5.73 Å². The SMILES string of the molecule is Cc1cccc(C)c1CC1CC(C(C)(C)C)CCC1N.